The van der Waals surface area contributed by atoms with E-state index >= 15 is 0 Å². The summed E-state index contributed by atoms with van der Waals surface area (Å²) in [5, 5.41) is 3.02. The van der Waals surface area contributed by atoms with E-state index in [-0.39, 0.29) is 11.9 Å². The molecule has 1 atom stereocenters. The van der Waals surface area contributed by atoms with Crippen molar-refractivity contribution in [3.05, 3.63) is 31.8 Å². The summed E-state index contributed by atoms with van der Waals surface area (Å²) in [5.41, 5.74) is 0.693. The summed E-state index contributed by atoms with van der Waals surface area (Å²) in [6.07, 6.45) is 0.945. The van der Waals surface area contributed by atoms with Crippen LogP contribution in [0.4, 0.5) is 0 Å². The molecule has 5 heteroatoms. The van der Waals surface area contributed by atoms with Gasteiger partial charge in [0.25, 0.3) is 5.91 Å². The topological polar surface area (TPSA) is 32.3 Å². The molecule has 1 aromatic rings. The van der Waals surface area contributed by atoms with Crippen LogP contribution in [0.3, 0.4) is 0 Å². The summed E-state index contributed by atoms with van der Waals surface area (Å²) in [6, 6.07) is 5.93. The van der Waals surface area contributed by atoms with Crippen LogP contribution in [-0.2, 0) is 0 Å². The molecule has 0 fully saturated rings. The fraction of sp³-hybridized carbons (Fsp3) is 0.462. The van der Waals surface area contributed by atoms with Gasteiger partial charge in [-0.25, -0.2) is 0 Å². The Morgan fingerprint density at radius 2 is 2.17 bits per heavy atom. The maximum absolute atomic E-state index is 12.1. The van der Waals surface area contributed by atoms with Crippen LogP contribution >= 0.6 is 38.5 Å². The lowest BCUT2D eigenvalue weighted by atomic mass is 10.1. The highest BCUT2D eigenvalue weighted by molar-refractivity contribution is 14.1. The van der Waals surface area contributed by atoms with E-state index in [1.807, 2.05) is 39.2 Å². The Labute approximate surface area is 131 Å². The van der Waals surface area contributed by atoms with Crippen molar-refractivity contribution >= 4 is 44.4 Å². The van der Waals surface area contributed by atoms with E-state index < -0.39 is 0 Å². The average Bonchev–Trinajstić information content (AvgIpc) is 2.29. The van der Waals surface area contributed by atoms with E-state index in [1.54, 1.807) is 0 Å². The summed E-state index contributed by atoms with van der Waals surface area (Å²) in [7, 11) is 4.06. The van der Waals surface area contributed by atoms with Crippen LogP contribution < -0.4 is 5.32 Å². The molecule has 18 heavy (non-hydrogen) atoms. The van der Waals surface area contributed by atoms with E-state index in [0.29, 0.717) is 5.56 Å². The van der Waals surface area contributed by atoms with Crippen molar-refractivity contribution in [2.45, 2.75) is 19.4 Å². The van der Waals surface area contributed by atoms with Crippen molar-refractivity contribution < 1.29 is 4.79 Å². The molecule has 100 valence electrons. The average molecular weight is 425 g/mol. The third-order valence-corrected chi connectivity index (χ3v) is 3.92. The highest BCUT2D eigenvalue weighted by atomic mass is 127. The standard InChI is InChI=1S/C13H18BrIN2O/c1-9(6-7-17(2)3)16-13(18)11-8-10(15)4-5-12(11)14/h4-5,8-9H,6-7H2,1-3H3,(H,16,18). The fourth-order valence-electron chi connectivity index (χ4n) is 1.50. The number of amides is 1. The molecule has 0 radical (unpaired) electrons. The molecule has 0 heterocycles. The Bertz CT molecular complexity index is 423. The van der Waals surface area contributed by atoms with Gasteiger partial charge in [-0.1, -0.05) is 0 Å². The first-order valence-corrected chi connectivity index (χ1v) is 7.68. The second kappa shape index (κ2) is 7.45. The van der Waals surface area contributed by atoms with Crippen molar-refractivity contribution in [3.8, 4) is 0 Å². The second-order valence-corrected chi connectivity index (χ2v) is 6.69. The van der Waals surface area contributed by atoms with Gasteiger partial charge < -0.3 is 10.2 Å². The Kier molecular flexibility index (Phi) is 6.59. The predicted molar refractivity (Wildman–Crippen MR) is 87.0 cm³/mol. The fourth-order valence-corrected chi connectivity index (χ4v) is 2.41. The molecule has 0 spiro atoms. The summed E-state index contributed by atoms with van der Waals surface area (Å²) < 4.78 is 1.89. The Hall–Kier alpha value is -0.140. The number of carbonyl (C=O) groups excluding carboxylic acids is 1. The van der Waals surface area contributed by atoms with Gasteiger partial charge in [0, 0.05) is 14.1 Å². The van der Waals surface area contributed by atoms with E-state index in [9.17, 15) is 4.79 Å². The molecule has 0 aliphatic carbocycles. The van der Waals surface area contributed by atoms with Crippen LogP contribution in [0.1, 0.15) is 23.7 Å². The first kappa shape index (κ1) is 15.9. The second-order valence-electron chi connectivity index (χ2n) is 4.59. The van der Waals surface area contributed by atoms with Crippen LogP contribution in [0, 0.1) is 3.57 Å². The predicted octanol–water partition coefficient (Wildman–Crippen LogP) is 3.12. The van der Waals surface area contributed by atoms with Gasteiger partial charge >= 0.3 is 0 Å². The highest BCUT2D eigenvalue weighted by Gasteiger charge is 2.13. The van der Waals surface area contributed by atoms with Crippen molar-refractivity contribution in [2.24, 2.45) is 0 Å². The summed E-state index contributed by atoms with van der Waals surface area (Å²) >= 11 is 5.62. The van der Waals surface area contributed by atoms with Gasteiger partial charge in [0.2, 0.25) is 0 Å². The number of nitrogens with zero attached hydrogens (tertiary/aromatic N) is 1. The van der Waals surface area contributed by atoms with Crippen LogP contribution in [0.25, 0.3) is 0 Å². The van der Waals surface area contributed by atoms with Gasteiger partial charge in [-0.15, -0.1) is 0 Å². The van der Waals surface area contributed by atoms with Crippen LogP contribution in [0.5, 0.6) is 0 Å². The lowest BCUT2D eigenvalue weighted by molar-refractivity contribution is 0.0936. The van der Waals surface area contributed by atoms with Crippen molar-refractivity contribution in [1.29, 1.82) is 0 Å². The van der Waals surface area contributed by atoms with E-state index in [2.05, 4.69) is 48.7 Å². The number of nitrogens with one attached hydrogen (secondary N) is 1. The van der Waals surface area contributed by atoms with Gasteiger partial charge in [-0.3, -0.25) is 4.79 Å². The lowest BCUT2D eigenvalue weighted by Crippen LogP contribution is -2.35. The number of carbonyl (C=O) groups is 1. The molecule has 0 bridgehead atoms. The molecule has 1 rings (SSSR count). The van der Waals surface area contributed by atoms with Crippen LogP contribution in [0.2, 0.25) is 0 Å². The first-order chi connectivity index (χ1) is 8.40. The van der Waals surface area contributed by atoms with Crippen molar-refractivity contribution in [2.75, 3.05) is 20.6 Å². The zero-order chi connectivity index (χ0) is 13.7. The SMILES string of the molecule is CC(CCN(C)C)NC(=O)c1cc(I)ccc1Br. The Morgan fingerprint density at radius 1 is 1.50 bits per heavy atom. The quantitative estimate of drug-likeness (QED) is 0.736. The molecular formula is C13H18BrIN2O. The van der Waals surface area contributed by atoms with E-state index in [0.717, 1.165) is 21.0 Å². The van der Waals surface area contributed by atoms with Gasteiger partial charge in [0.05, 0.1) is 5.56 Å². The van der Waals surface area contributed by atoms with Gasteiger partial charge in [-0.2, -0.15) is 0 Å². The minimum atomic E-state index is -0.0216. The molecular weight excluding hydrogens is 407 g/mol. The third kappa shape index (κ3) is 5.24. The molecule has 3 nitrogen and oxygen atoms in total. The van der Waals surface area contributed by atoms with Crippen molar-refractivity contribution in [1.82, 2.24) is 10.2 Å². The zero-order valence-corrected chi connectivity index (χ0v) is 14.6. The molecule has 0 saturated carbocycles. The van der Waals surface area contributed by atoms with Gasteiger partial charge in [-0.05, 0) is 90.7 Å². The first-order valence-electron chi connectivity index (χ1n) is 5.81. The number of benzene rings is 1. The lowest BCUT2D eigenvalue weighted by Gasteiger charge is -2.17. The summed E-state index contributed by atoms with van der Waals surface area (Å²) in [5.74, 6) is -0.0216. The molecule has 0 aliphatic heterocycles. The van der Waals surface area contributed by atoms with Crippen molar-refractivity contribution in [3.63, 3.8) is 0 Å². The molecule has 0 saturated heterocycles. The minimum absolute atomic E-state index is 0.0216. The molecule has 1 amide bonds. The zero-order valence-electron chi connectivity index (χ0n) is 10.8. The Morgan fingerprint density at radius 3 is 2.78 bits per heavy atom. The minimum Gasteiger partial charge on any atom is -0.350 e. The largest absolute Gasteiger partial charge is 0.350 e. The number of hydrogen-bond acceptors (Lipinski definition) is 2. The molecule has 0 aliphatic rings. The maximum atomic E-state index is 12.1. The highest BCUT2D eigenvalue weighted by Crippen LogP contribution is 2.19. The molecule has 1 N–H and O–H groups in total. The number of rotatable bonds is 5. The van der Waals surface area contributed by atoms with E-state index in [4.69, 9.17) is 0 Å². The summed E-state index contributed by atoms with van der Waals surface area (Å²) in [4.78, 5) is 14.2. The monoisotopic (exact) mass is 424 g/mol. The van der Waals surface area contributed by atoms with Gasteiger partial charge in [0.1, 0.15) is 0 Å². The van der Waals surface area contributed by atoms with E-state index in [1.165, 1.54) is 0 Å². The summed E-state index contributed by atoms with van der Waals surface area (Å²) in [6.45, 7) is 3.00. The molecule has 1 unspecified atom stereocenters. The third-order valence-electron chi connectivity index (χ3n) is 2.56. The van der Waals surface area contributed by atoms with Gasteiger partial charge in [0.15, 0.2) is 0 Å². The molecule has 0 aromatic heterocycles. The maximum Gasteiger partial charge on any atom is 0.252 e. The number of halogens is 2. The normalized spacial score (nSPS) is 12.6. The van der Waals surface area contributed by atoms with Crippen LogP contribution in [0.15, 0.2) is 22.7 Å². The smallest absolute Gasteiger partial charge is 0.252 e. The molecule has 1 aromatic carbocycles. The Balaban J connectivity index is 2.62. The van der Waals surface area contributed by atoms with Crippen LogP contribution in [-0.4, -0.2) is 37.5 Å². The number of hydrogen-bond donors (Lipinski definition) is 1.